The molecule has 0 fully saturated rings. The Kier molecular flexibility index (Phi) is 9.12. The van der Waals surface area contributed by atoms with Crippen LogP contribution < -0.4 is 0 Å². The van der Waals surface area contributed by atoms with Crippen LogP contribution in [0, 0.1) is 12.8 Å². The molecule has 0 aromatic heterocycles. The molecule has 0 spiro atoms. The minimum atomic E-state index is 0. The van der Waals surface area contributed by atoms with Crippen molar-refractivity contribution in [1.29, 1.82) is 0 Å². The Morgan fingerprint density at radius 1 is 1.50 bits per heavy atom. The fourth-order valence-corrected chi connectivity index (χ4v) is 0. The van der Waals surface area contributed by atoms with Crippen molar-refractivity contribution < 1.29 is 0 Å². The molecule has 0 saturated heterocycles. The first-order valence-electron chi connectivity index (χ1n) is 2.06. The van der Waals surface area contributed by atoms with Crippen molar-refractivity contribution >= 4 is 18.9 Å². The van der Waals surface area contributed by atoms with Gasteiger partial charge in [0.2, 0.25) is 0 Å². The molecule has 0 nitrogen and oxygen atoms in total. The van der Waals surface area contributed by atoms with Gasteiger partial charge in [-0.15, -0.1) is 0 Å². The van der Waals surface area contributed by atoms with E-state index in [0.29, 0.717) is 0 Å². The third-order valence-corrected chi connectivity index (χ3v) is 0.577. The van der Waals surface area contributed by atoms with Gasteiger partial charge in [-0.05, 0) is 5.92 Å². The van der Waals surface area contributed by atoms with Gasteiger partial charge in [-0.3, -0.25) is 0 Å². The molecule has 0 bridgehead atoms. The molecule has 0 amide bonds. The van der Waals surface area contributed by atoms with E-state index in [1.54, 1.807) is 0 Å². The number of rotatable bonds is 1. The summed E-state index contributed by atoms with van der Waals surface area (Å²) in [7, 11) is 0. The van der Waals surface area contributed by atoms with E-state index < -0.39 is 0 Å². The molecule has 33 valence electrons. The SMILES string of the molecule is [CH2]CC(C)C.[LiH]. The molecule has 0 saturated carbocycles. The predicted molar refractivity (Wildman–Crippen MR) is 32.0 cm³/mol. The van der Waals surface area contributed by atoms with Crippen molar-refractivity contribution in [3.05, 3.63) is 6.92 Å². The first-order valence-corrected chi connectivity index (χ1v) is 2.06. The Hall–Kier alpha value is 0.597. The molecule has 0 heterocycles. The zero-order valence-electron chi connectivity index (χ0n) is 3.99. The van der Waals surface area contributed by atoms with Gasteiger partial charge in [0.25, 0.3) is 0 Å². The van der Waals surface area contributed by atoms with Crippen LogP contribution in [0.5, 0.6) is 0 Å². The fraction of sp³-hybridized carbons (Fsp3) is 0.800. The molecular weight excluding hydrogens is 67.0 g/mol. The summed E-state index contributed by atoms with van der Waals surface area (Å²) >= 11 is 0. The van der Waals surface area contributed by atoms with E-state index in [9.17, 15) is 0 Å². The Balaban J connectivity index is 0. The average molecular weight is 79.1 g/mol. The monoisotopic (exact) mass is 79.1 g/mol. The molecule has 0 aromatic rings. The van der Waals surface area contributed by atoms with Crippen molar-refractivity contribution in [2.75, 3.05) is 0 Å². The summed E-state index contributed by atoms with van der Waals surface area (Å²) < 4.78 is 0. The van der Waals surface area contributed by atoms with Gasteiger partial charge in [0.15, 0.2) is 0 Å². The average Bonchev–Trinajstić information content (AvgIpc) is 1.38. The molecule has 0 atom stereocenters. The van der Waals surface area contributed by atoms with Crippen LogP contribution in [0.25, 0.3) is 0 Å². The first-order chi connectivity index (χ1) is 2.27. The van der Waals surface area contributed by atoms with Crippen molar-refractivity contribution in [2.24, 2.45) is 5.92 Å². The molecular formula is C5H12Li. The Morgan fingerprint density at radius 2 is 1.67 bits per heavy atom. The second kappa shape index (κ2) is 5.60. The fourth-order valence-electron chi connectivity index (χ4n) is 0. The second-order valence-corrected chi connectivity index (χ2v) is 1.68. The van der Waals surface area contributed by atoms with E-state index in [-0.39, 0.29) is 18.9 Å². The standard InChI is InChI=1S/C5H11.Li.H/c1-4-5(2)3;;/h5H,1,4H2,2-3H3;;. The molecule has 0 rings (SSSR count). The van der Waals surface area contributed by atoms with Crippen LogP contribution in [-0.4, -0.2) is 18.9 Å². The zero-order chi connectivity index (χ0) is 4.28. The van der Waals surface area contributed by atoms with Crippen LogP contribution in [0.4, 0.5) is 0 Å². The zero-order valence-corrected chi connectivity index (χ0v) is 3.99. The summed E-state index contributed by atoms with van der Waals surface area (Å²) in [5.41, 5.74) is 0. The van der Waals surface area contributed by atoms with Gasteiger partial charge in [0.1, 0.15) is 0 Å². The van der Waals surface area contributed by atoms with Gasteiger partial charge in [-0.25, -0.2) is 0 Å². The van der Waals surface area contributed by atoms with Crippen LogP contribution in [0.2, 0.25) is 0 Å². The topological polar surface area (TPSA) is 0 Å². The van der Waals surface area contributed by atoms with E-state index in [2.05, 4.69) is 20.8 Å². The van der Waals surface area contributed by atoms with E-state index in [1.165, 1.54) is 0 Å². The summed E-state index contributed by atoms with van der Waals surface area (Å²) in [4.78, 5) is 0. The van der Waals surface area contributed by atoms with Crippen molar-refractivity contribution in [1.82, 2.24) is 0 Å². The van der Waals surface area contributed by atoms with E-state index >= 15 is 0 Å². The summed E-state index contributed by atoms with van der Waals surface area (Å²) in [6.45, 7) is 8.00. The predicted octanol–water partition coefficient (Wildman–Crippen LogP) is 1.22. The van der Waals surface area contributed by atoms with E-state index in [1.807, 2.05) is 0 Å². The van der Waals surface area contributed by atoms with Gasteiger partial charge in [-0.1, -0.05) is 27.2 Å². The molecule has 0 aromatic carbocycles. The normalized spacial score (nSPS) is 8.00. The maximum absolute atomic E-state index is 3.69. The van der Waals surface area contributed by atoms with Crippen LogP contribution >= 0.6 is 0 Å². The molecule has 0 N–H and O–H groups in total. The maximum atomic E-state index is 3.69. The third-order valence-electron chi connectivity index (χ3n) is 0.577. The first kappa shape index (κ1) is 9.78. The van der Waals surface area contributed by atoms with Crippen molar-refractivity contribution in [2.45, 2.75) is 20.3 Å². The molecule has 0 unspecified atom stereocenters. The second-order valence-electron chi connectivity index (χ2n) is 1.68. The van der Waals surface area contributed by atoms with Gasteiger partial charge in [-0.2, -0.15) is 0 Å². The van der Waals surface area contributed by atoms with Crippen LogP contribution in [0.15, 0.2) is 0 Å². The van der Waals surface area contributed by atoms with Gasteiger partial charge >= 0.3 is 18.9 Å². The van der Waals surface area contributed by atoms with E-state index in [0.717, 1.165) is 12.3 Å². The molecule has 1 heteroatoms. The van der Waals surface area contributed by atoms with Crippen LogP contribution in [-0.2, 0) is 0 Å². The van der Waals surface area contributed by atoms with Crippen LogP contribution in [0.3, 0.4) is 0 Å². The van der Waals surface area contributed by atoms with Gasteiger partial charge < -0.3 is 0 Å². The summed E-state index contributed by atoms with van der Waals surface area (Å²) in [6.07, 6.45) is 1.06. The molecule has 6 heavy (non-hydrogen) atoms. The molecule has 0 aliphatic heterocycles. The Bertz CT molecular complexity index is 17.9. The van der Waals surface area contributed by atoms with Gasteiger partial charge in [0, 0.05) is 0 Å². The van der Waals surface area contributed by atoms with Crippen LogP contribution in [0.1, 0.15) is 20.3 Å². The number of hydrogen-bond donors (Lipinski definition) is 0. The van der Waals surface area contributed by atoms with Crippen molar-refractivity contribution in [3.8, 4) is 0 Å². The minimum absolute atomic E-state index is 0. The number of hydrogen-bond acceptors (Lipinski definition) is 0. The molecule has 0 aliphatic carbocycles. The third kappa shape index (κ3) is 8.82. The van der Waals surface area contributed by atoms with Gasteiger partial charge in [0.05, 0.1) is 0 Å². The Morgan fingerprint density at radius 3 is 1.67 bits per heavy atom. The van der Waals surface area contributed by atoms with Crippen molar-refractivity contribution in [3.63, 3.8) is 0 Å². The molecule has 1 radical (unpaired) electrons. The summed E-state index contributed by atoms with van der Waals surface area (Å²) in [5, 5.41) is 0. The summed E-state index contributed by atoms with van der Waals surface area (Å²) in [5.74, 6) is 0.773. The Labute approximate surface area is 52.5 Å². The summed E-state index contributed by atoms with van der Waals surface area (Å²) in [6, 6.07) is 0. The quantitative estimate of drug-likeness (QED) is 0.414. The molecule has 0 aliphatic rings. The van der Waals surface area contributed by atoms with E-state index in [4.69, 9.17) is 0 Å².